The van der Waals surface area contributed by atoms with Gasteiger partial charge >= 0.3 is 0 Å². The summed E-state index contributed by atoms with van der Waals surface area (Å²) in [4.78, 5) is 12.5. The van der Waals surface area contributed by atoms with Crippen molar-refractivity contribution in [1.82, 2.24) is 9.78 Å². The lowest BCUT2D eigenvalue weighted by molar-refractivity contribution is -0.115. The lowest BCUT2D eigenvalue weighted by Crippen LogP contribution is -2.18. The molecule has 1 N–H and O–H groups in total. The maximum atomic E-state index is 12.4. The van der Waals surface area contributed by atoms with Gasteiger partial charge in [0.05, 0.1) is 32.7 Å². The first-order valence-electron chi connectivity index (χ1n) is 8.24. The summed E-state index contributed by atoms with van der Waals surface area (Å²) in [5.74, 6) is -0.624. The number of nitrogens with zero attached hydrogens (tertiary/aromatic N) is 2. The van der Waals surface area contributed by atoms with Crippen molar-refractivity contribution < 1.29 is 13.2 Å². The molecular formula is C19H18BrN3O3S. The highest BCUT2D eigenvalue weighted by Crippen LogP contribution is 2.21. The summed E-state index contributed by atoms with van der Waals surface area (Å²) in [6.07, 6.45) is 3.28. The first-order valence-corrected chi connectivity index (χ1v) is 10.7. The standard InChI is InChI=1S/C19H18BrN3O3S/c1-14-6-8-16(9-7-14)27(25,26)11-10-19(24)22-17-4-2-3-5-18(17)23-13-15(20)12-21-23/h2-9,12-13H,10-11H2,1H3,(H,22,24). The van der Waals surface area contributed by atoms with Crippen LogP contribution >= 0.6 is 15.9 Å². The number of amides is 1. The van der Waals surface area contributed by atoms with E-state index in [9.17, 15) is 13.2 Å². The van der Waals surface area contributed by atoms with Crippen molar-refractivity contribution in [3.63, 3.8) is 0 Å². The fourth-order valence-corrected chi connectivity index (χ4v) is 4.04. The van der Waals surface area contributed by atoms with Crippen molar-refractivity contribution in [3.8, 4) is 5.69 Å². The second-order valence-corrected chi connectivity index (χ2v) is 9.08. The van der Waals surface area contributed by atoms with Gasteiger partial charge in [-0.25, -0.2) is 13.1 Å². The molecule has 0 saturated heterocycles. The number of halogens is 1. The number of hydrogen-bond acceptors (Lipinski definition) is 4. The molecule has 3 rings (SSSR count). The van der Waals surface area contributed by atoms with Gasteiger partial charge in [-0.15, -0.1) is 0 Å². The van der Waals surface area contributed by atoms with Gasteiger partial charge in [-0.2, -0.15) is 5.10 Å². The molecule has 1 heterocycles. The molecule has 0 saturated carbocycles. The van der Waals surface area contributed by atoms with Gasteiger partial charge in [-0.05, 0) is 47.1 Å². The van der Waals surface area contributed by atoms with Crippen LogP contribution in [0.4, 0.5) is 5.69 Å². The third-order valence-corrected chi connectivity index (χ3v) is 6.10. The lowest BCUT2D eigenvalue weighted by atomic mass is 10.2. The third-order valence-electron chi connectivity index (χ3n) is 3.95. The van der Waals surface area contributed by atoms with Gasteiger partial charge in [-0.1, -0.05) is 29.8 Å². The first kappa shape index (κ1) is 19.3. The van der Waals surface area contributed by atoms with Crippen LogP contribution in [0.2, 0.25) is 0 Å². The molecule has 27 heavy (non-hydrogen) atoms. The smallest absolute Gasteiger partial charge is 0.225 e. The highest BCUT2D eigenvalue weighted by molar-refractivity contribution is 9.10. The van der Waals surface area contributed by atoms with Crippen molar-refractivity contribution in [2.45, 2.75) is 18.2 Å². The fraction of sp³-hybridized carbons (Fsp3) is 0.158. The molecule has 1 aromatic heterocycles. The van der Waals surface area contributed by atoms with Gasteiger partial charge in [-0.3, -0.25) is 4.79 Å². The van der Waals surface area contributed by atoms with Crippen LogP contribution in [0.5, 0.6) is 0 Å². The Morgan fingerprint density at radius 3 is 2.52 bits per heavy atom. The second-order valence-electron chi connectivity index (χ2n) is 6.05. The van der Waals surface area contributed by atoms with E-state index in [1.54, 1.807) is 53.5 Å². The Balaban J connectivity index is 1.69. The molecule has 0 aliphatic heterocycles. The van der Waals surface area contributed by atoms with E-state index >= 15 is 0 Å². The van der Waals surface area contributed by atoms with Crippen LogP contribution in [0.3, 0.4) is 0 Å². The quantitative estimate of drug-likeness (QED) is 0.623. The third kappa shape index (κ3) is 4.84. The summed E-state index contributed by atoms with van der Waals surface area (Å²) in [6, 6.07) is 13.8. The van der Waals surface area contributed by atoms with Gasteiger partial charge in [0.25, 0.3) is 0 Å². The average Bonchev–Trinajstić information content (AvgIpc) is 3.07. The Morgan fingerprint density at radius 1 is 1.15 bits per heavy atom. The van der Waals surface area contributed by atoms with E-state index in [1.165, 1.54) is 0 Å². The minimum atomic E-state index is -3.51. The van der Waals surface area contributed by atoms with Crippen LogP contribution in [0, 0.1) is 6.92 Å². The topological polar surface area (TPSA) is 81.1 Å². The molecule has 0 atom stereocenters. The Labute approximate surface area is 166 Å². The highest BCUT2D eigenvalue weighted by atomic mass is 79.9. The van der Waals surface area contributed by atoms with E-state index in [0.717, 1.165) is 10.0 Å². The molecule has 6 nitrogen and oxygen atoms in total. The van der Waals surface area contributed by atoms with Crippen LogP contribution in [-0.2, 0) is 14.6 Å². The number of benzene rings is 2. The summed E-state index contributed by atoms with van der Waals surface area (Å²) in [5, 5.41) is 6.98. The van der Waals surface area contributed by atoms with Crippen LogP contribution in [0.15, 0.2) is 70.3 Å². The second kappa shape index (κ2) is 8.06. The number of hydrogen-bond donors (Lipinski definition) is 1. The minimum absolute atomic E-state index is 0.132. The maximum Gasteiger partial charge on any atom is 0.225 e. The molecule has 0 unspecified atom stereocenters. The van der Waals surface area contributed by atoms with Crippen molar-refractivity contribution in [3.05, 3.63) is 71.0 Å². The number of carbonyl (C=O) groups excluding carboxylic acids is 1. The minimum Gasteiger partial charge on any atom is -0.324 e. The van der Waals surface area contributed by atoms with Crippen molar-refractivity contribution in [2.75, 3.05) is 11.1 Å². The predicted octanol–water partition coefficient (Wildman–Crippen LogP) is 3.75. The average molecular weight is 448 g/mol. The van der Waals surface area contributed by atoms with Crippen LogP contribution < -0.4 is 5.32 Å². The van der Waals surface area contributed by atoms with Crippen LogP contribution in [0.25, 0.3) is 5.69 Å². The summed E-state index contributed by atoms with van der Waals surface area (Å²) < 4.78 is 27.2. The highest BCUT2D eigenvalue weighted by Gasteiger charge is 2.17. The lowest BCUT2D eigenvalue weighted by Gasteiger charge is -2.11. The monoisotopic (exact) mass is 447 g/mol. The molecule has 8 heteroatoms. The summed E-state index contributed by atoms with van der Waals surface area (Å²) in [5.41, 5.74) is 2.23. The molecule has 0 fully saturated rings. The fourth-order valence-electron chi connectivity index (χ4n) is 2.51. The Hall–Kier alpha value is -2.45. The molecule has 0 bridgehead atoms. The zero-order chi connectivity index (χ0) is 19.4. The van der Waals surface area contributed by atoms with E-state index in [4.69, 9.17) is 0 Å². The molecule has 0 aliphatic carbocycles. The van der Waals surface area contributed by atoms with Crippen molar-refractivity contribution >= 4 is 37.4 Å². The van der Waals surface area contributed by atoms with Gasteiger partial charge in [0, 0.05) is 12.6 Å². The number of aromatic nitrogens is 2. The van der Waals surface area contributed by atoms with E-state index in [-0.39, 0.29) is 23.0 Å². The van der Waals surface area contributed by atoms with Crippen LogP contribution in [-0.4, -0.2) is 29.9 Å². The molecule has 0 aliphatic rings. The Morgan fingerprint density at radius 2 is 1.85 bits per heavy atom. The number of para-hydroxylation sites is 2. The molecule has 3 aromatic rings. The van der Waals surface area contributed by atoms with Crippen LogP contribution in [0.1, 0.15) is 12.0 Å². The summed E-state index contributed by atoms with van der Waals surface area (Å²) >= 11 is 3.34. The van der Waals surface area contributed by atoms with Gasteiger partial charge < -0.3 is 5.32 Å². The normalized spacial score (nSPS) is 11.3. The zero-order valence-corrected chi connectivity index (χ0v) is 17.0. The van der Waals surface area contributed by atoms with Crippen molar-refractivity contribution in [2.24, 2.45) is 0 Å². The molecule has 0 spiro atoms. The summed E-state index contributed by atoms with van der Waals surface area (Å²) in [6.45, 7) is 1.89. The van der Waals surface area contributed by atoms with Gasteiger partial charge in [0.2, 0.25) is 5.91 Å². The number of aryl methyl sites for hydroxylation is 1. The molecule has 2 aromatic carbocycles. The molecule has 1 amide bonds. The number of anilines is 1. The Kier molecular flexibility index (Phi) is 5.76. The van der Waals surface area contributed by atoms with E-state index in [1.807, 2.05) is 19.1 Å². The number of sulfone groups is 1. The number of rotatable bonds is 6. The van der Waals surface area contributed by atoms with E-state index in [0.29, 0.717) is 11.4 Å². The van der Waals surface area contributed by atoms with Gasteiger partial charge in [0.1, 0.15) is 0 Å². The van der Waals surface area contributed by atoms with E-state index < -0.39 is 9.84 Å². The maximum absolute atomic E-state index is 12.4. The number of nitrogens with one attached hydrogen (secondary N) is 1. The number of carbonyl (C=O) groups is 1. The Bertz CT molecular complexity index is 1060. The molecular weight excluding hydrogens is 430 g/mol. The van der Waals surface area contributed by atoms with E-state index in [2.05, 4.69) is 26.3 Å². The molecule has 0 radical (unpaired) electrons. The van der Waals surface area contributed by atoms with Crippen molar-refractivity contribution in [1.29, 1.82) is 0 Å². The SMILES string of the molecule is Cc1ccc(S(=O)(=O)CCC(=O)Nc2ccccc2-n2cc(Br)cn2)cc1. The molecule has 140 valence electrons. The summed E-state index contributed by atoms with van der Waals surface area (Å²) in [7, 11) is -3.51. The largest absolute Gasteiger partial charge is 0.324 e. The first-order chi connectivity index (χ1) is 12.8. The van der Waals surface area contributed by atoms with Gasteiger partial charge in [0.15, 0.2) is 9.84 Å². The zero-order valence-electron chi connectivity index (χ0n) is 14.6. The predicted molar refractivity (Wildman–Crippen MR) is 108 cm³/mol.